The number of hydrogen-bond donors (Lipinski definition) is 1. The molecule has 1 aromatic heterocycles. The van der Waals surface area contributed by atoms with E-state index in [-0.39, 0.29) is 5.91 Å². The Kier molecular flexibility index (Phi) is 4.03. The summed E-state index contributed by atoms with van der Waals surface area (Å²) in [7, 11) is 1.48. The molecule has 0 aliphatic rings. The maximum atomic E-state index is 11.4. The van der Waals surface area contributed by atoms with Gasteiger partial charge in [0.25, 0.3) is 5.91 Å². The molecule has 5 heteroatoms. The first-order valence-electron chi connectivity index (χ1n) is 4.09. The zero-order chi connectivity index (χ0) is 10.6. The van der Waals surface area contributed by atoms with Gasteiger partial charge < -0.3 is 10.1 Å². The van der Waals surface area contributed by atoms with Crippen molar-refractivity contribution in [3.05, 3.63) is 22.8 Å². The summed E-state index contributed by atoms with van der Waals surface area (Å²) in [6, 6.07) is 3.58. The van der Waals surface area contributed by atoms with Crippen LogP contribution in [0.5, 0.6) is 0 Å². The SMILES string of the molecule is COC(C)C(=O)Nc1ncccc1Br. The standard InChI is InChI=1S/C9H11BrN2O2/c1-6(14-2)9(13)12-8-7(10)4-3-5-11-8/h3-6H,1-2H3,(H,11,12,13). The van der Waals surface area contributed by atoms with Crippen molar-refractivity contribution in [3.63, 3.8) is 0 Å². The highest BCUT2D eigenvalue weighted by molar-refractivity contribution is 9.10. The molecular weight excluding hydrogens is 248 g/mol. The minimum Gasteiger partial charge on any atom is -0.372 e. The van der Waals surface area contributed by atoms with Crippen LogP contribution in [-0.2, 0) is 9.53 Å². The molecule has 0 aliphatic carbocycles. The molecule has 0 bridgehead atoms. The molecule has 0 spiro atoms. The maximum absolute atomic E-state index is 11.4. The molecular formula is C9H11BrN2O2. The van der Waals surface area contributed by atoms with Crippen molar-refractivity contribution in [1.29, 1.82) is 0 Å². The predicted octanol–water partition coefficient (Wildman–Crippen LogP) is 1.82. The highest BCUT2D eigenvalue weighted by Gasteiger charge is 2.13. The maximum Gasteiger partial charge on any atom is 0.254 e. The molecule has 0 radical (unpaired) electrons. The van der Waals surface area contributed by atoms with E-state index in [4.69, 9.17) is 4.74 Å². The lowest BCUT2D eigenvalue weighted by atomic mass is 10.3. The van der Waals surface area contributed by atoms with Crippen LogP contribution in [0.4, 0.5) is 5.82 Å². The first-order valence-corrected chi connectivity index (χ1v) is 4.88. The molecule has 1 rings (SSSR count). The number of amides is 1. The normalized spacial score (nSPS) is 12.2. The van der Waals surface area contributed by atoms with Crippen LogP contribution in [0.3, 0.4) is 0 Å². The van der Waals surface area contributed by atoms with E-state index in [9.17, 15) is 4.79 Å². The molecule has 1 N–H and O–H groups in total. The van der Waals surface area contributed by atoms with Crippen molar-refractivity contribution in [2.45, 2.75) is 13.0 Å². The Morgan fingerprint density at radius 3 is 3.00 bits per heavy atom. The quantitative estimate of drug-likeness (QED) is 0.900. The van der Waals surface area contributed by atoms with Gasteiger partial charge in [-0.05, 0) is 35.0 Å². The zero-order valence-electron chi connectivity index (χ0n) is 7.95. The van der Waals surface area contributed by atoms with Gasteiger partial charge in [0.2, 0.25) is 0 Å². The van der Waals surface area contributed by atoms with E-state index in [2.05, 4.69) is 26.2 Å². The van der Waals surface area contributed by atoms with Gasteiger partial charge in [-0.25, -0.2) is 4.98 Å². The van der Waals surface area contributed by atoms with Crippen molar-refractivity contribution in [3.8, 4) is 0 Å². The number of nitrogens with one attached hydrogen (secondary N) is 1. The summed E-state index contributed by atoms with van der Waals surface area (Å²) in [5.74, 6) is 0.285. The average molecular weight is 259 g/mol. The minimum atomic E-state index is -0.482. The van der Waals surface area contributed by atoms with Crippen molar-refractivity contribution < 1.29 is 9.53 Å². The lowest BCUT2D eigenvalue weighted by Crippen LogP contribution is -2.27. The first-order chi connectivity index (χ1) is 6.65. The molecule has 1 aromatic rings. The molecule has 0 saturated heterocycles. The first kappa shape index (κ1) is 11.1. The molecule has 1 amide bonds. The largest absolute Gasteiger partial charge is 0.372 e. The number of aromatic nitrogens is 1. The van der Waals surface area contributed by atoms with Crippen molar-refractivity contribution in [2.24, 2.45) is 0 Å². The van der Waals surface area contributed by atoms with Crippen LogP contribution in [0.15, 0.2) is 22.8 Å². The Balaban J connectivity index is 2.70. The summed E-state index contributed by atoms with van der Waals surface area (Å²) in [5.41, 5.74) is 0. The number of pyridine rings is 1. The van der Waals surface area contributed by atoms with Gasteiger partial charge in [-0.15, -0.1) is 0 Å². The van der Waals surface area contributed by atoms with E-state index >= 15 is 0 Å². The fraction of sp³-hybridized carbons (Fsp3) is 0.333. The van der Waals surface area contributed by atoms with Crippen LogP contribution in [0, 0.1) is 0 Å². The fourth-order valence-corrected chi connectivity index (χ4v) is 1.16. The number of rotatable bonds is 3. The highest BCUT2D eigenvalue weighted by atomic mass is 79.9. The second-order valence-corrected chi connectivity index (χ2v) is 3.56. The molecule has 1 heterocycles. The van der Waals surface area contributed by atoms with Crippen molar-refractivity contribution in [1.82, 2.24) is 4.98 Å². The van der Waals surface area contributed by atoms with Crippen LogP contribution in [-0.4, -0.2) is 24.1 Å². The Labute approximate surface area is 90.8 Å². The van der Waals surface area contributed by atoms with Gasteiger partial charge in [0.15, 0.2) is 0 Å². The van der Waals surface area contributed by atoms with Gasteiger partial charge in [0.1, 0.15) is 11.9 Å². The summed E-state index contributed by atoms with van der Waals surface area (Å²) < 4.78 is 5.62. The Bertz CT molecular complexity index is 330. The monoisotopic (exact) mass is 258 g/mol. The van der Waals surface area contributed by atoms with Gasteiger partial charge in [-0.1, -0.05) is 0 Å². The molecule has 0 aliphatic heterocycles. The Morgan fingerprint density at radius 2 is 2.43 bits per heavy atom. The lowest BCUT2D eigenvalue weighted by molar-refractivity contribution is -0.124. The van der Waals surface area contributed by atoms with Crippen LogP contribution in [0.1, 0.15) is 6.92 Å². The lowest BCUT2D eigenvalue weighted by Gasteiger charge is -2.10. The third-order valence-electron chi connectivity index (χ3n) is 1.72. The molecule has 14 heavy (non-hydrogen) atoms. The smallest absolute Gasteiger partial charge is 0.254 e. The summed E-state index contributed by atoms with van der Waals surface area (Å²) >= 11 is 3.28. The van der Waals surface area contributed by atoms with Gasteiger partial charge in [-0.3, -0.25) is 4.79 Å². The summed E-state index contributed by atoms with van der Waals surface area (Å²) in [6.45, 7) is 1.67. The topological polar surface area (TPSA) is 51.2 Å². The number of carbonyl (C=O) groups is 1. The molecule has 4 nitrogen and oxygen atoms in total. The molecule has 0 saturated carbocycles. The van der Waals surface area contributed by atoms with Crippen molar-refractivity contribution in [2.75, 3.05) is 12.4 Å². The van der Waals surface area contributed by atoms with E-state index in [0.717, 1.165) is 4.47 Å². The van der Waals surface area contributed by atoms with Gasteiger partial charge in [0.05, 0.1) is 4.47 Å². The van der Waals surface area contributed by atoms with Gasteiger partial charge in [0, 0.05) is 13.3 Å². The van der Waals surface area contributed by atoms with E-state index in [1.165, 1.54) is 7.11 Å². The molecule has 0 aromatic carbocycles. The van der Waals surface area contributed by atoms with E-state index < -0.39 is 6.10 Å². The highest BCUT2D eigenvalue weighted by Crippen LogP contribution is 2.18. The number of ether oxygens (including phenoxy) is 1. The number of halogens is 1. The number of nitrogens with zero attached hydrogens (tertiary/aromatic N) is 1. The number of anilines is 1. The number of methoxy groups -OCH3 is 1. The van der Waals surface area contributed by atoms with Crippen molar-refractivity contribution >= 4 is 27.7 Å². The third-order valence-corrected chi connectivity index (χ3v) is 2.36. The van der Waals surface area contributed by atoms with Gasteiger partial charge >= 0.3 is 0 Å². The minimum absolute atomic E-state index is 0.216. The fourth-order valence-electron chi connectivity index (χ4n) is 0.803. The summed E-state index contributed by atoms with van der Waals surface area (Å²) in [5, 5.41) is 2.64. The van der Waals surface area contributed by atoms with E-state index in [1.54, 1.807) is 25.3 Å². The van der Waals surface area contributed by atoms with E-state index in [1.807, 2.05) is 0 Å². The molecule has 0 fully saturated rings. The summed E-state index contributed by atoms with van der Waals surface area (Å²) in [6.07, 6.45) is 1.13. The Hall–Kier alpha value is -0.940. The predicted molar refractivity (Wildman–Crippen MR) is 57.0 cm³/mol. The van der Waals surface area contributed by atoms with Crippen LogP contribution < -0.4 is 5.32 Å². The van der Waals surface area contributed by atoms with Crippen LogP contribution in [0.25, 0.3) is 0 Å². The Morgan fingerprint density at radius 1 is 1.71 bits per heavy atom. The molecule has 1 unspecified atom stereocenters. The number of hydrogen-bond acceptors (Lipinski definition) is 3. The molecule has 1 atom stereocenters. The second kappa shape index (κ2) is 5.07. The van der Waals surface area contributed by atoms with Crippen LogP contribution in [0.2, 0.25) is 0 Å². The third kappa shape index (κ3) is 2.78. The zero-order valence-corrected chi connectivity index (χ0v) is 9.54. The number of carbonyl (C=O) groups excluding carboxylic acids is 1. The van der Waals surface area contributed by atoms with Gasteiger partial charge in [-0.2, -0.15) is 0 Å². The second-order valence-electron chi connectivity index (χ2n) is 2.70. The molecule has 76 valence electrons. The van der Waals surface area contributed by atoms with Crippen LogP contribution >= 0.6 is 15.9 Å². The van der Waals surface area contributed by atoms with E-state index in [0.29, 0.717) is 5.82 Å². The average Bonchev–Trinajstić information content (AvgIpc) is 2.20. The summed E-state index contributed by atoms with van der Waals surface area (Å²) in [4.78, 5) is 15.4.